The van der Waals surface area contributed by atoms with E-state index >= 15 is 0 Å². The van der Waals surface area contributed by atoms with Gasteiger partial charge in [0.15, 0.2) is 0 Å². The standard InChI is InChI=1S/C4H10O7P2/c5-12(6,7)11-13(8,9)10-4-2-1-3-4/h4H,1-3H2,(H,8,9)(H2,5,6,7). The maximum absolute atomic E-state index is 10.9. The van der Waals surface area contributed by atoms with Gasteiger partial charge in [0.1, 0.15) is 0 Å². The molecule has 0 saturated heterocycles. The molecule has 0 amide bonds. The van der Waals surface area contributed by atoms with Crippen molar-refractivity contribution in [2.24, 2.45) is 0 Å². The van der Waals surface area contributed by atoms with Crippen molar-refractivity contribution in [2.75, 3.05) is 0 Å². The minimum Gasteiger partial charge on any atom is -0.302 e. The van der Waals surface area contributed by atoms with Gasteiger partial charge in [-0.1, -0.05) is 0 Å². The second-order valence-corrected chi connectivity index (χ2v) is 5.48. The van der Waals surface area contributed by atoms with Crippen molar-refractivity contribution in [1.29, 1.82) is 0 Å². The molecule has 9 heteroatoms. The lowest BCUT2D eigenvalue weighted by atomic mass is 9.97. The molecule has 0 aromatic carbocycles. The lowest BCUT2D eigenvalue weighted by Gasteiger charge is -2.26. The topological polar surface area (TPSA) is 113 Å². The van der Waals surface area contributed by atoms with Crippen molar-refractivity contribution in [3.63, 3.8) is 0 Å². The predicted molar refractivity (Wildman–Crippen MR) is 41.7 cm³/mol. The van der Waals surface area contributed by atoms with Crippen LogP contribution in [0.2, 0.25) is 0 Å². The van der Waals surface area contributed by atoms with Crippen LogP contribution in [-0.2, 0) is 18.0 Å². The summed E-state index contributed by atoms with van der Waals surface area (Å²) in [6.45, 7) is 0. The SMILES string of the molecule is O=P(O)(O)OP(=O)(O)OC1CCC1. The highest BCUT2D eigenvalue weighted by Crippen LogP contribution is 2.59. The van der Waals surface area contributed by atoms with E-state index in [2.05, 4.69) is 8.83 Å². The summed E-state index contributed by atoms with van der Waals surface area (Å²) in [5, 5.41) is 0. The van der Waals surface area contributed by atoms with Gasteiger partial charge < -0.3 is 14.7 Å². The summed E-state index contributed by atoms with van der Waals surface area (Å²) >= 11 is 0. The maximum atomic E-state index is 10.9. The summed E-state index contributed by atoms with van der Waals surface area (Å²) in [4.78, 5) is 25.3. The first-order valence-electron chi connectivity index (χ1n) is 3.57. The summed E-state index contributed by atoms with van der Waals surface area (Å²) in [5.41, 5.74) is 0. The van der Waals surface area contributed by atoms with Gasteiger partial charge in [-0.05, 0) is 19.3 Å². The van der Waals surface area contributed by atoms with Gasteiger partial charge in [0, 0.05) is 0 Å². The van der Waals surface area contributed by atoms with E-state index in [1.807, 2.05) is 0 Å². The van der Waals surface area contributed by atoms with Gasteiger partial charge in [-0.25, -0.2) is 9.13 Å². The van der Waals surface area contributed by atoms with E-state index in [1.165, 1.54) is 0 Å². The molecule has 1 aliphatic carbocycles. The molecule has 0 radical (unpaired) electrons. The molecule has 0 aliphatic heterocycles. The van der Waals surface area contributed by atoms with Gasteiger partial charge in [0.25, 0.3) is 0 Å². The van der Waals surface area contributed by atoms with Crippen LogP contribution in [0, 0.1) is 0 Å². The van der Waals surface area contributed by atoms with Crippen LogP contribution in [0.3, 0.4) is 0 Å². The number of hydrogen-bond donors (Lipinski definition) is 3. The summed E-state index contributed by atoms with van der Waals surface area (Å²) in [5.74, 6) is 0. The molecule has 1 rings (SSSR count). The molecule has 7 nitrogen and oxygen atoms in total. The van der Waals surface area contributed by atoms with Crippen molar-refractivity contribution in [1.82, 2.24) is 0 Å². The summed E-state index contributed by atoms with van der Waals surface area (Å²) < 4.78 is 29.1. The van der Waals surface area contributed by atoms with Crippen LogP contribution >= 0.6 is 15.6 Å². The minimum absolute atomic E-state index is 0.428. The smallest absolute Gasteiger partial charge is 0.302 e. The highest BCUT2D eigenvalue weighted by molar-refractivity contribution is 7.60. The minimum atomic E-state index is -4.97. The van der Waals surface area contributed by atoms with Crippen LogP contribution in [0.15, 0.2) is 0 Å². The molecule has 0 spiro atoms. The van der Waals surface area contributed by atoms with Gasteiger partial charge in [-0.15, -0.1) is 0 Å². The number of phosphoric ester groups is 1. The summed E-state index contributed by atoms with van der Waals surface area (Å²) in [7, 11) is -9.57. The van der Waals surface area contributed by atoms with Gasteiger partial charge in [-0.3, -0.25) is 4.52 Å². The summed E-state index contributed by atoms with van der Waals surface area (Å²) in [6.07, 6.45) is 1.66. The Hall–Kier alpha value is 0.260. The average molecular weight is 232 g/mol. The van der Waals surface area contributed by atoms with Crippen LogP contribution in [0.25, 0.3) is 0 Å². The molecule has 1 fully saturated rings. The zero-order chi connectivity index (χ0) is 10.1. The molecule has 0 aromatic rings. The molecule has 78 valence electrons. The normalized spacial score (nSPS) is 23.6. The Morgan fingerprint density at radius 2 is 1.69 bits per heavy atom. The zero-order valence-electron chi connectivity index (χ0n) is 6.57. The fraction of sp³-hybridized carbons (Fsp3) is 1.00. The van der Waals surface area contributed by atoms with E-state index in [4.69, 9.17) is 14.7 Å². The zero-order valence-corrected chi connectivity index (χ0v) is 8.36. The van der Waals surface area contributed by atoms with E-state index in [-0.39, 0.29) is 0 Å². The van der Waals surface area contributed by atoms with Crippen LogP contribution < -0.4 is 0 Å². The highest BCUT2D eigenvalue weighted by atomic mass is 31.3. The van der Waals surface area contributed by atoms with Crippen LogP contribution in [0.5, 0.6) is 0 Å². The fourth-order valence-corrected chi connectivity index (χ4v) is 2.64. The molecule has 1 aliphatic rings. The molecule has 0 heterocycles. The molecule has 0 aromatic heterocycles. The molecular weight excluding hydrogens is 222 g/mol. The molecule has 1 unspecified atom stereocenters. The lowest BCUT2D eigenvalue weighted by molar-refractivity contribution is 0.0760. The third-order valence-electron chi connectivity index (χ3n) is 1.54. The van der Waals surface area contributed by atoms with Crippen molar-refractivity contribution < 1.29 is 32.6 Å². The van der Waals surface area contributed by atoms with Gasteiger partial charge >= 0.3 is 15.6 Å². The molecule has 13 heavy (non-hydrogen) atoms. The quantitative estimate of drug-likeness (QED) is 0.613. The first-order valence-corrected chi connectivity index (χ1v) is 6.59. The highest BCUT2D eigenvalue weighted by Gasteiger charge is 2.36. The Kier molecular flexibility index (Phi) is 3.30. The van der Waals surface area contributed by atoms with E-state index in [0.29, 0.717) is 12.8 Å². The fourth-order valence-electron chi connectivity index (χ4n) is 0.818. The van der Waals surface area contributed by atoms with E-state index in [1.54, 1.807) is 0 Å². The first kappa shape index (κ1) is 11.3. The van der Waals surface area contributed by atoms with Crippen molar-refractivity contribution in [3.05, 3.63) is 0 Å². The van der Waals surface area contributed by atoms with E-state index < -0.39 is 21.7 Å². The molecule has 0 bridgehead atoms. The number of rotatable bonds is 4. The molecular formula is C4H10O7P2. The third-order valence-corrected chi connectivity index (χ3v) is 3.78. The van der Waals surface area contributed by atoms with Gasteiger partial charge in [0.2, 0.25) is 0 Å². The molecule has 3 N–H and O–H groups in total. The van der Waals surface area contributed by atoms with Crippen LogP contribution in [-0.4, -0.2) is 20.8 Å². The van der Waals surface area contributed by atoms with Crippen molar-refractivity contribution in [2.45, 2.75) is 25.4 Å². The Bertz CT molecular complexity index is 266. The Balaban J connectivity index is 2.45. The Morgan fingerprint density at radius 3 is 2.00 bits per heavy atom. The average Bonchev–Trinajstić information content (AvgIpc) is 1.73. The lowest BCUT2D eigenvalue weighted by Crippen LogP contribution is -2.20. The van der Waals surface area contributed by atoms with Gasteiger partial charge in [-0.2, -0.15) is 4.31 Å². The third kappa shape index (κ3) is 4.33. The number of phosphoric acid groups is 2. The number of hydrogen-bond acceptors (Lipinski definition) is 4. The van der Waals surface area contributed by atoms with Crippen LogP contribution in [0.1, 0.15) is 19.3 Å². The van der Waals surface area contributed by atoms with Crippen molar-refractivity contribution in [3.8, 4) is 0 Å². The second-order valence-electron chi connectivity index (χ2n) is 2.70. The van der Waals surface area contributed by atoms with Crippen molar-refractivity contribution >= 4 is 15.6 Å². The maximum Gasteiger partial charge on any atom is 0.481 e. The monoisotopic (exact) mass is 232 g/mol. The Labute approximate surface area is 74.5 Å². The van der Waals surface area contributed by atoms with Crippen LogP contribution in [0.4, 0.5) is 0 Å². The largest absolute Gasteiger partial charge is 0.481 e. The Morgan fingerprint density at radius 1 is 1.15 bits per heavy atom. The van der Waals surface area contributed by atoms with E-state index in [0.717, 1.165) is 6.42 Å². The second kappa shape index (κ2) is 3.79. The predicted octanol–water partition coefficient (Wildman–Crippen LogP) is 0.765. The van der Waals surface area contributed by atoms with E-state index in [9.17, 15) is 9.13 Å². The molecule has 1 saturated carbocycles. The van der Waals surface area contributed by atoms with Gasteiger partial charge in [0.05, 0.1) is 6.10 Å². The molecule has 1 atom stereocenters. The summed E-state index contributed by atoms with van der Waals surface area (Å²) in [6, 6.07) is 0. The first-order chi connectivity index (χ1) is 5.79.